The second-order valence-corrected chi connectivity index (χ2v) is 4.97. The predicted molar refractivity (Wildman–Crippen MR) is 73.9 cm³/mol. The molecule has 0 amide bonds. The van der Waals surface area contributed by atoms with Gasteiger partial charge in [-0.2, -0.15) is 10.2 Å². The van der Waals surface area contributed by atoms with Gasteiger partial charge in [-0.1, -0.05) is 0 Å². The van der Waals surface area contributed by atoms with Crippen LogP contribution in [0.3, 0.4) is 0 Å². The van der Waals surface area contributed by atoms with Crippen molar-refractivity contribution in [3.63, 3.8) is 0 Å². The number of aryl methyl sites for hydroxylation is 1. The summed E-state index contributed by atoms with van der Waals surface area (Å²) >= 11 is 0. The standard InChI is InChI=1S/C13H18N6/c1-10-2-3-13(16-15-10)18-7-4-11(5-8-18)19-9-6-12(14)17-19/h2-3,6,9,11H,4-5,7-8H2,1H3,(H2,14,17). The zero-order valence-electron chi connectivity index (χ0n) is 11.0. The molecule has 0 aliphatic carbocycles. The van der Waals surface area contributed by atoms with Crippen LogP contribution in [-0.4, -0.2) is 33.1 Å². The van der Waals surface area contributed by atoms with Crippen molar-refractivity contribution in [2.45, 2.75) is 25.8 Å². The Morgan fingerprint density at radius 1 is 1.16 bits per heavy atom. The van der Waals surface area contributed by atoms with E-state index < -0.39 is 0 Å². The summed E-state index contributed by atoms with van der Waals surface area (Å²) in [7, 11) is 0. The highest BCUT2D eigenvalue weighted by molar-refractivity contribution is 5.37. The minimum absolute atomic E-state index is 0.437. The van der Waals surface area contributed by atoms with Crippen LogP contribution < -0.4 is 10.6 Å². The van der Waals surface area contributed by atoms with Crippen molar-refractivity contribution in [3.8, 4) is 0 Å². The fraction of sp³-hybridized carbons (Fsp3) is 0.462. The Morgan fingerprint density at radius 3 is 2.53 bits per heavy atom. The molecular formula is C13H18N6. The summed E-state index contributed by atoms with van der Waals surface area (Å²) in [5.74, 6) is 1.55. The summed E-state index contributed by atoms with van der Waals surface area (Å²) in [5.41, 5.74) is 6.61. The molecule has 3 rings (SSSR count). The summed E-state index contributed by atoms with van der Waals surface area (Å²) in [4.78, 5) is 2.27. The van der Waals surface area contributed by atoms with E-state index in [1.54, 1.807) is 0 Å². The van der Waals surface area contributed by atoms with Gasteiger partial charge in [-0.15, -0.1) is 5.10 Å². The normalized spacial score (nSPS) is 16.8. The third kappa shape index (κ3) is 2.52. The fourth-order valence-corrected chi connectivity index (χ4v) is 2.48. The van der Waals surface area contributed by atoms with Crippen molar-refractivity contribution < 1.29 is 0 Å². The van der Waals surface area contributed by atoms with Crippen molar-refractivity contribution >= 4 is 11.6 Å². The minimum atomic E-state index is 0.437. The third-order valence-corrected chi connectivity index (χ3v) is 3.58. The van der Waals surface area contributed by atoms with Gasteiger partial charge < -0.3 is 10.6 Å². The highest BCUT2D eigenvalue weighted by Gasteiger charge is 2.21. The van der Waals surface area contributed by atoms with Crippen LogP contribution in [0.15, 0.2) is 24.4 Å². The van der Waals surface area contributed by atoms with Crippen LogP contribution >= 0.6 is 0 Å². The Morgan fingerprint density at radius 2 is 1.95 bits per heavy atom. The zero-order valence-corrected chi connectivity index (χ0v) is 11.0. The molecule has 2 N–H and O–H groups in total. The summed E-state index contributed by atoms with van der Waals surface area (Å²) in [6, 6.07) is 6.32. The van der Waals surface area contributed by atoms with Crippen molar-refractivity contribution in [1.82, 2.24) is 20.0 Å². The molecule has 0 atom stereocenters. The number of nitrogens with zero attached hydrogens (tertiary/aromatic N) is 5. The topological polar surface area (TPSA) is 72.9 Å². The molecule has 2 aromatic rings. The van der Waals surface area contributed by atoms with E-state index in [0.29, 0.717) is 11.9 Å². The van der Waals surface area contributed by atoms with Gasteiger partial charge in [0.15, 0.2) is 5.82 Å². The molecule has 1 saturated heterocycles. The first-order valence-corrected chi connectivity index (χ1v) is 6.58. The van der Waals surface area contributed by atoms with E-state index in [9.17, 15) is 0 Å². The number of nitrogen functional groups attached to an aromatic ring is 1. The smallest absolute Gasteiger partial charge is 0.151 e. The number of hydrogen-bond acceptors (Lipinski definition) is 5. The molecule has 0 bridgehead atoms. The van der Waals surface area contributed by atoms with Crippen LogP contribution in [0, 0.1) is 6.92 Å². The predicted octanol–water partition coefficient (Wildman–Crippen LogP) is 1.41. The Hall–Kier alpha value is -2.11. The van der Waals surface area contributed by atoms with Crippen molar-refractivity contribution in [1.29, 1.82) is 0 Å². The molecule has 6 nitrogen and oxygen atoms in total. The van der Waals surface area contributed by atoms with Gasteiger partial charge in [-0.05, 0) is 38.0 Å². The Bertz CT molecular complexity index is 539. The SMILES string of the molecule is Cc1ccc(N2CCC(n3ccc(N)n3)CC2)nn1. The number of anilines is 2. The van der Waals surface area contributed by atoms with E-state index in [1.165, 1.54) is 0 Å². The molecule has 19 heavy (non-hydrogen) atoms. The maximum Gasteiger partial charge on any atom is 0.151 e. The minimum Gasteiger partial charge on any atom is -0.382 e. The quantitative estimate of drug-likeness (QED) is 0.881. The third-order valence-electron chi connectivity index (χ3n) is 3.58. The summed E-state index contributed by atoms with van der Waals surface area (Å²) in [6.45, 7) is 3.90. The highest BCUT2D eigenvalue weighted by Crippen LogP contribution is 2.24. The molecule has 0 saturated carbocycles. The largest absolute Gasteiger partial charge is 0.382 e. The van der Waals surface area contributed by atoms with Gasteiger partial charge in [0.05, 0.1) is 11.7 Å². The second kappa shape index (κ2) is 4.87. The van der Waals surface area contributed by atoms with E-state index in [4.69, 9.17) is 5.73 Å². The first-order chi connectivity index (χ1) is 9.22. The van der Waals surface area contributed by atoms with E-state index in [2.05, 4.69) is 20.2 Å². The average Bonchev–Trinajstić information content (AvgIpc) is 2.87. The van der Waals surface area contributed by atoms with Gasteiger partial charge in [-0.3, -0.25) is 4.68 Å². The lowest BCUT2D eigenvalue weighted by molar-refractivity contribution is 0.366. The second-order valence-electron chi connectivity index (χ2n) is 4.97. The summed E-state index contributed by atoms with van der Waals surface area (Å²) in [5, 5.41) is 12.6. The van der Waals surface area contributed by atoms with Crippen molar-refractivity contribution in [2.75, 3.05) is 23.7 Å². The van der Waals surface area contributed by atoms with Gasteiger partial charge >= 0.3 is 0 Å². The number of piperidine rings is 1. The van der Waals surface area contributed by atoms with Crippen LogP contribution in [0.5, 0.6) is 0 Å². The molecule has 3 heterocycles. The Balaban J connectivity index is 1.64. The Kier molecular flexibility index (Phi) is 3.06. The number of aromatic nitrogens is 4. The lowest BCUT2D eigenvalue weighted by atomic mass is 10.1. The molecule has 1 aliphatic rings. The van der Waals surface area contributed by atoms with Gasteiger partial charge in [-0.25, -0.2) is 0 Å². The van der Waals surface area contributed by atoms with E-state index in [1.807, 2.05) is 36.0 Å². The lowest BCUT2D eigenvalue weighted by Gasteiger charge is -2.32. The van der Waals surface area contributed by atoms with Crippen molar-refractivity contribution in [2.24, 2.45) is 0 Å². The first-order valence-electron chi connectivity index (χ1n) is 6.58. The zero-order chi connectivity index (χ0) is 13.2. The van der Waals surface area contributed by atoms with Gasteiger partial charge in [0, 0.05) is 19.3 Å². The van der Waals surface area contributed by atoms with E-state index >= 15 is 0 Å². The molecular weight excluding hydrogens is 240 g/mol. The first kappa shape index (κ1) is 12.0. The van der Waals surface area contributed by atoms with E-state index in [-0.39, 0.29) is 0 Å². The van der Waals surface area contributed by atoms with Crippen LogP contribution in [-0.2, 0) is 0 Å². The molecule has 100 valence electrons. The van der Waals surface area contributed by atoms with Gasteiger partial charge in [0.2, 0.25) is 0 Å². The highest BCUT2D eigenvalue weighted by atomic mass is 15.3. The number of rotatable bonds is 2. The maximum atomic E-state index is 5.66. The van der Waals surface area contributed by atoms with Gasteiger partial charge in [0.1, 0.15) is 5.82 Å². The number of hydrogen-bond donors (Lipinski definition) is 1. The Labute approximate surface area is 112 Å². The molecule has 1 fully saturated rings. The van der Waals surface area contributed by atoms with Crippen LogP contribution in [0.25, 0.3) is 0 Å². The fourth-order valence-electron chi connectivity index (χ4n) is 2.48. The maximum absolute atomic E-state index is 5.66. The van der Waals surface area contributed by atoms with Gasteiger partial charge in [0.25, 0.3) is 0 Å². The molecule has 0 aromatic carbocycles. The molecule has 0 spiro atoms. The number of nitrogens with two attached hydrogens (primary N) is 1. The van der Waals surface area contributed by atoms with Crippen LogP contribution in [0.1, 0.15) is 24.6 Å². The molecule has 1 aliphatic heterocycles. The van der Waals surface area contributed by atoms with Crippen molar-refractivity contribution in [3.05, 3.63) is 30.1 Å². The molecule has 2 aromatic heterocycles. The molecule has 0 unspecified atom stereocenters. The van der Waals surface area contributed by atoms with Crippen LogP contribution in [0.2, 0.25) is 0 Å². The summed E-state index contributed by atoms with van der Waals surface area (Å²) in [6.07, 6.45) is 4.06. The average molecular weight is 258 g/mol. The van der Waals surface area contributed by atoms with E-state index in [0.717, 1.165) is 37.4 Å². The summed E-state index contributed by atoms with van der Waals surface area (Å²) < 4.78 is 1.98. The monoisotopic (exact) mass is 258 g/mol. The molecule has 6 heteroatoms. The molecule has 0 radical (unpaired) electrons. The van der Waals surface area contributed by atoms with Crippen LogP contribution in [0.4, 0.5) is 11.6 Å². The lowest BCUT2D eigenvalue weighted by Crippen LogP contribution is -2.35.